The molecule has 1 heterocycles. The number of sulfonamides is 1. The van der Waals surface area contributed by atoms with Crippen molar-refractivity contribution in [2.75, 3.05) is 0 Å². The third kappa shape index (κ3) is 3.88. The Morgan fingerprint density at radius 2 is 1.74 bits per heavy atom. The summed E-state index contributed by atoms with van der Waals surface area (Å²) in [5.74, 6) is 0. The molecule has 1 atom stereocenters. The molecule has 19 heavy (non-hydrogen) atoms. The molecule has 0 saturated carbocycles. The zero-order valence-corrected chi connectivity index (χ0v) is 14.7. The lowest BCUT2D eigenvalue weighted by Crippen LogP contribution is -2.26. The molecular weight excluding hydrogens is 414 g/mol. The molecule has 0 unspecified atom stereocenters. The lowest BCUT2D eigenvalue weighted by molar-refractivity contribution is 0.569. The van der Waals surface area contributed by atoms with E-state index in [9.17, 15) is 8.42 Å². The standard InChI is InChI=1S/C12H11Br2NO2S2/c1-8(9-2-4-10(13)5-3-9)15-19(16,17)12-7-6-11(14)18-12/h2-8,15H,1H3/t8-/m0/s1. The molecular formula is C12H11Br2NO2S2. The van der Waals surface area contributed by atoms with E-state index in [0.717, 1.165) is 13.8 Å². The number of nitrogens with one attached hydrogen (secondary N) is 1. The normalized spacial score (nSPS) is 13.4. The van der Waals surface area contributed by atoms with Gasteiger partial charge in [0.1, 0.15) is 4.21 Å². The summed E-state index contributed by atoms with van der Waals surface area (Å²) in [5.41, 5.74) is 0.919. The van der Waals surface area contributed by atoms with Crippen molar-refractivity contribution >= 4 is 53.2 Å². The summed E-state index contributed by atoms with van der Waals surface area (Å²) in [4.78, 5) is 0. The van der Waals surface area contributed by atoms with Gasteiger partial charge in [-0.25, -0.2) is 13.1 Å². The molecule has 102 valence electrons. The van der Waals surface area contributed by atoms with Gasteiger partial charge in [-0.3, -0.25) is 0 Å². The Kier molecular flexibility index (Phi) is 4.84. The van der Waals surface area contributed by atoms with E-state index < -0.39 is 10.0 Å². The van der Waals surface area contributed by atoms with E-state index in [-0.39, 0.29) is 6.04 Å². The molecule has 0 saturated heterocycles. The molecule has 0 fully saturated rings. The second kappa shape index (κ2) is 6.05. The Balaban J connectivity index is 2.18. The quantitative estimate of drug-likeness (QED) is 0.794. The first-order chi connectivity index (χ1) is 8.88. The van der Waals surface area contributed by atoms with Gasteiger partial charge in [0.2, 0.25) is 0 Å². The SMILES string of the molecule is C[C@H](NS(=O)(=O)c1ccc(Br)s1)c1ccc(Br)cc1. The maximum atomic E-state index is 12.2. The highest BCUT2D eigenvalue weighted by Crippen LogP contribution is 2.27. The van der Waals surface area contributed by atoms with Gasteiger partial charge in [-0.1, -0.05) is 28.1 Å². The molecule has 2 rings (SSSR count). The fraction of sp³-hybridized carbons (Fsp3) is 0.167. The van der Waals surface area contributed by atoms with Crippen LogP contribution < -0.4 is 4.72 Å². The van der Waals surface area contributed by atoms with Gasteiger partial charge >= 0.3 is 0 Å². The van der Waals surface area contributed by atoms with E-state index in [1.165, 1.54) is 11.3 Å². The smallest absolute Gasteiger partial charge is 0.206 e. The van der Waals surface area contributed by atoms with Crippen LogP contribution in [0.1, 0.15) is 18.5 Å². The molecule has 0 amide bonds. The van der Waals surface area contributed by atoms with Crippen LogP contribution in [-0.4, -0.2) is 8.42 Å². The maximum Gasteiger partial charge on any atom is 0.250 e. The molecule has 0 spiro atoms. The lowest BCUT2D eigenvalue weighted by atomic mass is 10.1. The van der Waals surface area contributed by atoms with Crippen molar-refractivity contribution in [1.29, 1.82) is 0 Å². The summed E-state index contributed by atoms with van der Waals surface area (Å²) in [7, 11) is -3.47. The molecule has 2 aromatic rings. The molecule has 0 radical (unpaired) electrons. The van der Waals surface area contributed by atoms with Gasteiger partial charge in [-0.2, -0.15) is 0 Å². The van der Waals surface area contributed by atoms with Crippen LogP contribution >= 0.6 is 43.2 Å². The van der Waals surface area contributed by atoms with Crippen LogP contribution in [0.4, 0.5) is 0 Å². The van der Waals surface area contributed by atoms with E-state index in [1.54, 1.807) is 12.1 Å². The van der Waals surface area contributed by atoms with E-state index in [4.69, 9.17) is 0 Å². The maximum absolute atomic E-state index is 12.2. The second-order valence-corrected chi connectivity index (χ2v) is 9.27. The second-order valence-electron chi connectivity index (χ2n) is 3.95. The predicted molar refractivity (Wildman–Crippen MR) is 84.9 cm³/mol. The van der Waals surface area contributed by atoms with Crippen LogP contribution in [-0.2, 0) is 10.0 Å². The number of rotatable bonds is 4. The van der Waals surface area contributed by atoms with Gasteiger partial charge in [-0.05, 0) is 52.7 Å². The van der Waals surface area contributed by atoms with Gasteiger partial charge in [0.25, 0.3) is 10.0 Å². The topological polar surface area (TPSA) is 46.2 Å². The first kappa shape index (κ1) is 15.2. The lowest BCUT2D eigenvalue weighted by Gasteiger charge is -2.13. The van der Waals surface area contributed by atoms with Crippen LogP contribution in [0.2, 0.25) is 0 Å². The van der Waals surface area contributed by atoms with E-state index in [0.29, 0.717) is 4.21 Å². The molecule has 1 N–H and O–H groups in total. The van der Waals surface area contributed by atoms with Crippen molar-refractivity contribution < 1.29 is 8.42 Å². The number of hydrogen-bond donors (Lipinski definition) is 1. The third-order valence-electron chi connectivity index (χ3n) is 2.52. The zero-order valence-electron chi connectivity index (χ0n) is 9.93. The Morgan fingerprint density at radius 1 is 1.11 bits per heavy atom. The van der Waals surface area contributed by atoms with Gasteiger partial charge < -0.3 is 0 Å². The van der Waals surface area contributed by atoms with E-state index in [1.807, 2.05) is 31.2 Å². The average Bonchev–Trinajstić information content (AvgIpc) is 2.77. The first-order valence-corrected chi connectivity index (χ1v) is 9.30. The van der Waals surface area contributed by atoms with Crippen LogP contribution in [0.3, 0.4) is 0 Å². The van der Waals surface area contributed by atoms with Crippen LogP contribution in [0.25, 0.3) is 0 Å². The van der Waals surface area contributed by atoms with Crippen LogP contribution in [0, 0.1) is 0 Å². The zero-order chi connectivity index (χ0) is 14.0. The predicted octanol–water partition coefficient (Wildman–Crippen LogP) is 4.31. The van der Waals surface area contributed by atoms with Gasteiger partial charge in [-0.15, -0.1) is 11.3 Å². The molecule has 1 aromatic heterocycles. The Morgan fingerprint density at radius 3 is 2.26 bits per heavy atom. The summed E-state index contributed by atoms with van der Waals surface area (Å²) in [6, 6.07) is 10.6. The number of halogens is 2. The molecule has 3 nitrogen and oxygen atoms in total. The highest BCUT2D eigenvalue weighted by atomic mass is 79.9. The number of benzene rings is 1. The monoisotopic (exact) mass is 423 g/mol. The van der Waals surface area contributed by atoms with E-state index in [2.05, 4.69) is 36.6 Å². The molecule has 0 aliphatic carbocycles. The number of hydrogen-bond acceptors (Lipinski definition) is 3. The molecule has 0 aliphatic heterocycles. The molecule has 1 aromatic carbocycles. The highest BCUT2D eigenvalue weighted by molar-refractivity contribution is 9.11. The van der Waals surface area contributed by atoms with Crippen molar-refractivity contribution in [1.82, 2.24) is 4.72 Å². The van der Waals surface area contributed by atoms with Crippen molar-refractivity contribution in [2.24, 2.45) is 0 Å². The van der Waals surface area contributed by atoms with Gasteiger partial charge in [0.15, 0.2) is 0 Å². The highest BCUT2D eigenvalue weighted by Gasteiger charge is 2.20. The number of thiophene rings is 1. The minimum atomic E-state index is -3.47. The minimum absolute atomic E-state index is 0.279. The van der Waals surface area contributed by atoms with Crippen molar-refractivity contribution in [3.05, 3.63) is 50.2 Å². The van der Waals surface area contributed by atoms with Crippen LogP contribution in [0.5, 0.6) is 0 Å². The van der Waals surface area contributed by atoms with E-state index >= 15 is 0 Å². The fourth-order valence-corrected chi connectivity index (χ4v) is 5.08. The van der Waals surface area contributed by atoms with Gasteiger partial charge in [0, 0.05) is 10.5 Å². The summed E-state index contributed by atoms with van der Waals surface area (Å²) in [6.07, 6.45) is 0. The summed E-state index contributed by atoms with van der Waals surface area (Å²) < 4.78 is 29.1. The summed E-state index contributed by atoms with van der Waals surface area (Å²) >= 11 is 7.81. The molecule has 0 aliphatic rings. The Hall–Kier alpha value is -0.210. The third-order valence-corrected chi connectivity index (χ3v) is 6.70. The molecule has 0 bridgehead atoms. The summed E-state index contributed by atoms with van der Waals surface area (Å²) in [5, 5.41) is 0. The largest absolute Gasteiger partial charge is 0.250 e. The van der Waals surface area contributed by atoms with Crippen molar-refractivity contribution in [3.63, 3.8) is 0 Å². The minimum Gasteiger partial charge on any atom is -0.206 e. The first-order valence-electron chi connectivity index (χ1n) is 5.41. The summed E-state index contributed by atoms with van der Waals surface area (Å²) in [6.45, 7) is 1.82. The average molecular weight is 425 g/mol. The van der Waals surface area contributed by atoms with Crippen molar-refractivity contribution in [3.8, 4) is 0 Å². The Labute approximate surface area is 133 Å². The Bertz CT molecular complexity index is 665. The van der Waals surface area contributed by atoms with Crippen LogP contribution in [0.15, 0.2) is 48.9 Å². The van der Waals surface area contributed by atoms with Crippen molar-refractivity contribution in [2.45, 2.75) is 17.2 Å². The van der Waals surface area contributed by atoms with Gasteiger partial charge in [0.05, 0.1) is 3.79 Å². The fourth-order valence-electron chi connectivity index (χ4n) is 1.55. The molecule has 7 heteroatoms.